The minimum atomic E-state index is -0.149. The van der Waals surface area contributed by atoms with Crippen LogP contribution in [0.5, 0.6) is 0 Å². The number of hydrogen-bond donors (Lipinski definition) is 0. The van der Waals surface area contributed by atoms with Crippen molar-refractivity contribution in [1.29, 1.82) is 0 Å². The van der Waals surface area contributed by atoms with E-state index in [2.05, 4.69) is 207 Å². The lowest BCUT2D eigenvalue weighted by atomic mass is 9.81. The van der Waals surface area contributed by atoms with Gasteiger partial charge >= 0.3 is 0 Å². The standard InChI is InChI=1S/C49H37N/c1-49(2)47-32-41(40-21-20-35-14-9-10-15-37(35)31-40)24-28-45(47)46-29-27-44(33-48(46)49)50(42-18-7-4-8-19-42)43-25-22-36(23-26-43)39-17-11-16-38(30-39)34-12-5-3-6-13-34/h3-33H,1-2H3. The molecule has 0 N–H and O–H groups in total. The Bertz CT molecular complexity index is 2490. The van der Waals surface area contributed by atoms with Gasteiger partial charge in [-0.05, 0) is 121 Å². The van der Waals surface area contributed by atoms with Gasteiger partial charge in [-0.25, -0.2) is 0 Å². The first-order chi connectivity index (χ1) is 24.5. The molecule has 8 aromatic rings. The maximum atomic E-state index is 2.42. The minimum Gasteiger partial charge on any atom is -0.310 e. The van der Waals surface area contributed by atoms with Crippen molar-refractivity contribution in [2.75, 3.05) is 4.90 Å². The van der Waals surface area contributed by atoms with Gasteiger partial charge in [0.15, 0.2) is 0 Å². The van der Waals surface area contributed by atoms with E-state index in [0.717, 1.165) is 17.1 Å². The highest BCUT2D eigenvalue weighted by atomic mass is 15.1. The summed E-state index contributed by atoms with van der Waals surface area (Å²) in [6, 6.07) is 68.5. The summed E-state index contributed by atoms with van der Waals surface area (Å²) in [4.78, 5) is 2.38. The molecule has 0 fully saturated rings. The fourth-order valence-corrected chi connectivity index (χ4v) is 7.75. The molecule has 0 aromatic heterocycles. The molecule has 0 spiro atoms. The number of benzene rings is 8. The Kier molecular flexibility index (Phi) is 7.21. The molecule has 8 aromatic carbocycles. The predicted octanol–water partition coefficient (Wildman–Crippen LogP) is 13.6. The van der Waals surface area contributed by atoms with Gasteiger partial charge in [0.2, 0.25) is 0 Å². The molecule has 0 amide bonds. The third kappa shape index (κ3) is 5.19. The lowest BCUT2D eigenvalue weighted by molar-refractivity contribution is 0.660. The van der Waals surface area contributed by atoms with Crippen molar-refractivity contribution in [3.63, 3.8) is 0 Å². The van der Waals surface area contributed by atoms with Gasteiger partial charge in [-0.3, -0.25) is 0 Å². The van der Waals surface area contributed by atoms with Gasteiger partial charge in [-0.2, -0.15) is 0 Å². The molecule has 50 heavy (non-hydrogen) atoms. The number of rotatable bonds is 6. The Morgan fingerprint density at radius 1 is 0.320 bits per heavy atom. The zero-order valence-electron chi connectivity index (χ0n) is 28.3. The molecule has 1 nitrogen and oxygen atoms in total. The number of hydrogen-bond acceptors (Lipinski definition) is 1. The summed E-state index contributed by atoms with van der Waals surface area (Å²) in [5.74, 6) is 0. The summed E-state index contributed by atoms with van der Waals surface area (Å²) in [7, 11) is 0. The van der Waals surface area contributed by atoms with Crippen LogP contribution in [0.3, 0.4) is 0 Å². The van der Waals surface area contributed by atoms with E-state index in [1.165, 1.54) is 66.4 Å². The third-order valence-corrected chi connectivity index (χ3v) is 10.4. The maximum absolute atomic E-state index is 2.42. The summed E-state index contributed by atoms with van der Waals surface area (Å²) in [5, 5.41) is 2.54. The van der Waals surface area contributed by atoms with Crippen LogP contribution in [-0.2, 0) is 5.41 Å². The normalized spacial score (nSPS) is 12.8. The van der Waals surface area contributed by atoms with E-state index in [4.69, 9.17) is 0 Å². The summed E-state index contributed by atoms with van der Waals surface area (Å²) >= 11 is 0. The van der Waals surface area contributed by atoms with Crippen molar-refractivity contribution in [1.82, 2.24) is 0 Å². The van der Waals surface area contributed by atoms with Crippen LogP contribution in [0.15, 0.2) is 188 Å². The monoisotopic (exact) mass is 639 g/mol. The van der Waals surface area contributed by atoms with Crippen LogP contribution >= 0.6 is 0 Å². The Labute approximate surface area is 294 Å². The van der Waals surface area contributed by atoms with Crippen LogP contribution in [-0.4, -0.2) is 0 Å². The molecule has 1 heteroatoms. The molecule has 9 rings (SSSR count). The molecule has 0 aliphatic heterocycles. The molecule has 0 heterocycles. The molecular weight excluding hydrogens is 603 g/mol. The summed E-state index contributed by atoms with van der Waals surface area (Å²) in [6.07, 6.45) is 0. The SMILES string of the molecule is CC1(C)c2cc(-c3ccc4ccccc4c3)ccc2-c2ccc(N(c3ccccc3)c3ccc(-c4cccc(-c5ccccc5)c4)cc3)cc21. The van der Waals surface area contributed by atoms with Crippen molar-refractivity contribution in [3.05, 3.63) is 199 Å². The van der Waals surface area contributed by atoms with Gasteiger partial charge in [0.1, 0.15) is 0 Å². The van der Waals surface area contributed by atoms with E-state index >= 15 is 0 Å². The molecule has 238 valence electrons. The van der Waals surface area contributed by atoms with Gasteiger partial charge in [0.25, 0.3) is 0 Å². The van der Waals surface area contributed by atoms with Gasteiger partial charge in [0.05, 0.1) is 0 Å². The lowest BCUT2D eigenvalue weighted by Crippen LogP contribution is -2.16. The quantitative estimate of drug-likeness (QED) is 0.175. The van der Waals surface area contributed by atoms with E-state index < -0.39 is 0 Å². The average Bonchev–Trinajstić information content (AvgIpc) is 3.40. The highest BCUT2D eigenvalue weighted by Gasteiger charge is 2.36. The fraction of sp³-hybridized carbons (Fsp3) is 0.0612. The smallest absolute Gasteiger partial charge is 0.0465 e. The van der Waals surface area contributed by atoms with Crippen molar-refractivity contribution in [2.24, 2.45) is 0 Å². The van der Waals surface area contributed by atoms with E-state index in [1.54, 1.807) is 0 Å². The van der Waals surface area contributed by atoms with Crippen LogP contribution in [0.4, 0.5) is 17.1 Å². The summed E-state index contributed by atoms with van der Waals surface area (Å²) in [5.41, 5.74) is 16.0. The second kappa shape index (κ2) is 12.1. The molecule has 0 atom stereocenters. The van der Waals surface area contributed by atoms with Gasteiger partial charge in [-0.15, -0.1) is 0 Å². The van der Waals surface area contributed by atoms with E-state index in [-0.39, 0.29) is 5.41 Å². The number of fused-ring (bicyclic) bond motifs is 4. The number of anilines is 3. The van der Waals surface area contributed by atoms with Gasteiger partial charge in [-0.1, -0.05) is 147 Å². The maximum Gasteiger partial charge on any atom is 0.0465 e. The molecule has 0 saturated carbocycles. The molecular formula is C49H37N. The first-order valence-corrected chi connectivity index (χ1v) is 17.4. The molecule has 0 unspecified atom stereocenters. The molecule has 1 aliphatic carbocycles. The van der Waals surface area contributed by atoms with Crippen LogP contribution in [0.2, 0.25) is 0 Å². The van der Waals surface area contributed by atoms with E-state index in [0.29, 0.717) is 0 Å². The minimum absolute atomic E-state index is 0.149. The second-order valence-corrected chi connectivity index (χ2v) is 13.8. The Morgan fingerprint density at radius 3 is 1.54 bits per heavy atom. The predicted molar refractivity (Wildman–Crippen MR) is 213 cm³/mol. The zero-order chi connectivity index (χ0) is 33.7. The third-order valence-electron chi connectivity index (χ3n) is 10.4. The first kappa shape index (κ1) is 29.9. The average molecular weight is 640 g/mol. The second-order valence-electron chi connectivity index (χ2n) is 13.8. The highest BCUT2D eigenvalue weighted by Crippen LogP contribution is 2.51. The number of nitrogens with zero attached hydrogens (tertiary/aromatic N) is 1. The molecule has 0 bridgehead atoms. The van der Waals surface area contributed by atoms with Crippen molar-refractivity contribution in [2.45, 2.75) is 19.3 Å². The van der Waals surface area contributed by atoms with Crippen molar-refractivity contribution < 1.29 is 0 Å². The van der Waals surface area contributed by atoms with Gasteiger partial charge < -0.3 is 4.90 Å². The lowest BCUT2D eigenvalue weighted by Gasteiger charge is -2.28. The Morgan fingerprint density at radius 2 is 0.800 bits per heavy atom. The molecule has 1 aliphatic rings. The van der Waals surface area contributed by atoms with E-state index in [9.17, 15) is 0 Å². The highest BCUT2D eigenvalue weighted by molar-refractivity contribution is 5.90. The van der Waals surface area contributed by atoms with E-state index in [1.807, 2.05) is 0 Å². The molecule has 0 radical (unpaired) electrons. The number of para-hydroxylation sites is 1. The van der Waals surface area contributed by atoms with Crippen LogP contribution in [0, 0.1) is 0 Å². The van der Waals surface area contributed by atoms with Gasteiger partial charge in [0, 0.05) is 22.5 Å². The first-order valence-electron chi connectivity index (χ1n) is 17.4. The summed E-state index contributed by atoms with van der Waals surface area (Å²) in [6.45, 7) is 4.74. The van der Waals surface area contributed by atoms with Crippen molar-refractivity contribution >= 4 is 27.8 Å². The van der Waals surface area contributed by atoms with Crippen molar-refractivity contribution in [3.8, 4) is 44.5 Å². The Balaban J connectivity index is 1.08. The summed E-state index contributed by atoms with van der Waals surface area (Å²) < 4.78 is 0. The van der Waals surface area contributed by atoms with Crippen LogP contribution in [0.1, 0.15) is 25.0 Å². The fourth-order valence-electron chi connectivity index (χ4n) is 7.75. The van der Waals surface area contributed by atoms with Crippen LogP contribution in [0.25, 0.3) is 55.3 Å². The topological polar surface area (TPSA) is 3.24 Å². The Hall–Kier alpha value is -6.18. The zero-order valence-corrected chi connectivity index (χ0v) is 28.3. The largest absolute Gasteiger partial charge is 0.310 e. The molecule has 0 saturated heterocycles. The van der Waals surface area contributed by atoms with Crippen LogP contribution < -0.4 is 4.90 Å².